The number of amides is 1. The van der Waals surface area contributed by atoms with Gasteiger partial charge in [0.1, 0.15) is 17.9 Å². The molecular formula is C32H57N5O6Si3. The number of rotatable bonds is 14. The zero-order valence-corrected chi connectivity index (χ0v) is 33.0. The van der Waals surface area contributed by atoms with Crippen LogP contribution in [0.4, 0.5) is 0 Å². The Balaban J connectivity index is 1.45. The fraction of sp³-hybridized carbons (Fsp3) is 0.719. The average molecular weight is 692 g/mol. The van der Waals surface area contributed by atoms with Crippen molar-refractivity contribution in [3.05, 3.63) is 47.8 Å². The first-order valence-corrected chi connectivity index (χ1v) is 25.3. The summed E-state index contributed by atoms with van der Waals surface area (Å²) in [4.78, 5) is 15.6. The van der Waals surface area contributed by atoms with Crippen LogP contribution in [0.15, 0.2) is 36.5 Å². The van der Waals surface area contributed by atoms with Gasteiger partial charge in [-0.05, 0) is 70.5 Å². The first kappa shape index (κ1) is 37.1. The number of carbonyl (C=O) groups is 1. The molecule has 2 fully saturated rings. The lowest BCUT2D eigenvalue weighted by molar-refractivity contribution is -0.132. The molecule has 4 rings (SSSR count). The molecule has 1 aromatic carbocycles. The first-order valence-electron chi connectivity index (χ1n) is 16.5. The number of nitrogens with zero attached hydrogens (tertiary/aromatic N) is 4. The Morgan fingerprint density at radius 3 is 2.04 bits per heavy atom. The topological polar surface area (TPSA) is 109 Å². The quantitative estimate of drug-likeness (QED) is 0.273. The van der Waals surface area contributed by atoms with Crippen molar-refractivity contribution in [1.82, 2.24) is 25.2 Å². The Hall–Kier alpha value is -1.76. The molecule has 6 atom stereocenters. The summed E-state index contributed by atoms with van der Waals surface area (Å²) in [5.41, 5.74) is 1.70. The van der Waals surface area contributed by atoms with E-state index in [1.807, 2.05) is 29.3 Å². The lowest BCUT2D eigenvalue weighted by Gasteiger charge is -2.34. The van der Waals surface area contributed by atoms with E-state index < -0.39 is 25.4 Å². The third-order valence-corrected chi connectivity index (χ3v) is 13.1. The molecule has 2 aliphatic heterocycles. The molecule has 0 saturated carbocycles. The molecule has 0 bridgehead atoms. The van der Waals surface area contributed by atoms with Gasteiger partial charge in [-0.15, -0.1) is 5.10 Å². The number of hydrogen-bond donors (Lipinski definition) is 1. The number of aryl methyl sites for hydroxylation is 1. The van der Waals surface area contributed by atoms with E-state index in [1.54, 1.807) is 11.8 Å². The van der Waals surface area contributed by atoms with Crippen molar-refractivity contribution in [2.24, 2.45) is 5.41 Å². The minimum absolute atomic E-state index is 0.0817. The first-order chi connectivity index (χ1) is 21.3. The second-order valence-electron chi connectivity index (χ2n) is 15.8. The Kier molecular flexibility index (Phi) is 11.6. The molecule has 2 saturated heterocycles. The van der Waals surface area contributed by atoms with E-state index in [0.29, 0.717) is 25.6 Å². The monoisotopic (exact) mass is 691 g/mol. The second kappa shape index (κ2) is 14.4. The van der Waals surface area contributed by atoms with Gasteiger partial charge in [-0.1, -0.05) is 56.3 Å². The molecule has 0 aliphatic carbocycles. The van der Waals surface area contributed by atoms with E-state index >= 15 is 0 Å². The third kappa shape index (κ3) is 9.66. The maximum absolute atomic E-state index is 13.7. The highest BCUT2D eigenvalue weighted by atomic mass is 28.4. The Morgan fingerprint density at radius 2 is 1.54 bits per heavy atom. The molecule has 14 heteroatoms. The molecule has 3 heterocycles. The SMILES string of the molecule is CO[Si]1(CCn2cc(CN3C(=O)[C@H](Cc4ccccc4)N[C@@H]3C(C)(C)C)nn2)OC(C(C)O[Si](C)(C)C)C(C(C)O[Si](C)(C)C)O1. The minimum Gasteiger partial charge on any atom is -0.412 e. The number of hydrogen-bond acceptors (Lipinski definition) is 9. The molecule has 2 aliphatic rings. The van der Waals surface area contributed by atoms with Gasteiger partial charge in [0.25, 0.3) is 0 Å². The summed E-state index contributed by atoms with van der Waals surface area (Å²) < 4.78 is 34.2. The van der Waals surface area contributed by atoms with Gasteiger partial charge in [-0.2, -0.15) is 0 Å². The molecular weight excluding hydrogens is 635 g/mol. The zero-order chi connectivity index (χ0) is 34.1. The van der Waals surface area contributed by atoms with E-state index in [9.17, 15) is 4.79 Å². The maximum Gasteiger partial charge on any atom is 0.503 e. The van der Waals surface area contributed by atoms with Gasteiger partial charge in [-0.3, -0.25) is 14.8 Å². The van der Waals surface area contributed by atoms with Crippen LogP contribution in [-0.2, 0) is 46.4 Å². The maximum atomic E-state index is 13.7. The van der Waals surface area contributed by atoms with Crippen molar-refractivity contribution >= 4 is 31.3 Å². The highest BCUT2D eigenvalue weighted by Gasteiger charge is 2.57. The van der Waals surface area contributed by atoms with Gasteiger partial charge in [0.15, 0.2) is 16.6 Å². The molecule has 4 unspecified atom stereocenters. The van der Waals surface area contributed by atoms with Crippen molar-refractivity contribution in [2.45, 2.75) is 136 Å². The van der Waals surface area contributed by atoms with Gasteiger partial charge in [-0.25, -0.2) is 0 Å². The summed E-state index contributed by atoms with van der Waals surface area (Å²) in [6, 6.07) is 10.4. The van der Waals surface area contributed by atoms with Crippen LogP contribution < -0.4 is 5.32 Å². The van der Waals surface area contributed by atoms with Crippen LogP contribution in [0.1, 0.15) is 45.9 Å². The summed E-state index contributed by atoms with van der Waals surface area (Å²) in [6.07, 6.45) is 1.49. The lowest BCUT2D eigenvalue weighted by atomic mass is 9.92. The predicted molar refractivity (Wildman–Crippen MR) is 186 cm³/mol. The van der Waals surface area contributed by atoms with E-state index in [1.165, 1.54) is 0 Å². The summed E-state index contributed by atoms with van der Waals surface area (Å²) in [5, 5.41) is 12.5. The largest absolute Gasteiger partial charge is 0.503 e. The van der Waals surface area contributed by atoms with Crippen molar-refractivity contribution in [3.8, 4) is 0 Å². The van der Waals surface area contributed by atoms with Crippen molar-refractivity contribution in [1.29, 1.82) is 0 Å². The predicted octanol–water partition coefficient (Wildman–Crippen LogP) is 5.04. The van der Waals surface area contributed by atoms with E-state index in [-0.39, 0.29) is 47.9 Å². The fourth-order valence-corrected chi connectivity index (χ4v) is 11.5. The number of benzene rings is 1. The van der Waals surface area contributed by atoms with Crippen LogP contribution >= 0.6 is 0 Å². The normalized spacial score (nSPS) is 27.4. The number of aromatic nitrogens is 3. The molecule has 2 aromatic rings. The third-order valence-electron chi connectivity index (χ3n) is 8.19. The van der Waals surface area contributed by atoms with Gasteiger partial charge >= 0.3 is 8.80 Å². The molecule has 11 nitrogen and oxygen atoms in total. The van der Waals surface area contributed by atoms with E-state index in [4.69, 9.17) is 22.1 Å². The highest BCUT2D eigenvalue weighted by Crippen LogP contribution is 2.36. The van der Waals surface area contributed by atoms with Crippen LogP contribution in [0.25, 0.3) is 0 Å². The van der Waals surface area contributed by atoms with Crippen molar-refractivity contribution in [3.63, 3.8) is 0 Å². The standard InChI is InChI=1S/C32H57N5O6Si3/c1-23(40-44(7,8)9)28-29(24(2)41-45(10,11)12)43-46(39-6,42-28)19-18-36-21-26(34-35-36)22-37-30(38)27(33-31(37)32(3,4)5)20-25-16-14-13-15-17-25/h13-17,21,23-24,27-29,31,33H,18-20,22H2,1-12H3/t23?,24?,27-,28?,29?,31-,46?/m0/s1. The lowest BCUT2D eigenvalue weighted by Crippen LogP contribution is -2.47. The number of nitrogens with one attached hydrogen (secondary N) is 1. The summed E-state index contributed by atoms with van der Waals surface area (Å²) in [5.74, 6) is 0.0817. The Labute approximate surface area is 279 Å². The molecule has 1 N–H and O–H groups in total. The average Bonchev–Trinajstić information content (AvgIpc) is 3.64. The summed E-state index contributed by atoms with van der Waals surface area (Å²) in [7, 11) is -5.11. The van der Waals surface area contributed by atoms with Gasteiger partial charge in [0.05, 0.1) is 37.2 Å². The van der Waals surface area contributed by atoms with E-state index in [0.717, 1.165) is 11.3 Å². The van der Waals surface area contributed by atoms with Crippen molar-refractivity contribution < 1.29 is 26.9 Å². The number of carbonyl (C=O) groups excluding carboxylic acids is 1. The summed E-state index contributed by atoms with van der Waals surface area (Å²) >= 11 is 0. The van der Waals surface area contributed by atoms with Crippen LogP contribution in [0.3, 0.4) is 0 Å². The Bertz CT molecular complexity index is 1270. The molecule has 1 amide bonds. The second-order valence-corrected chi connectivity index (χ2v) is 27.5. The fourth-order valence-electron chi connectivity index (χ4n) is 6.38. The van der Waals surface area contributed by atoms with Crippen LogP contribution in [0.5, 0.6) is 0 Å². The van der Waals surface area contributed by atoms with E-state index in [2.05, 4.69) is 102 Å². The van der Waals surface area contributed by atoms with Gasteiger partial charge in [0.2, 0.25) is 5.91 Å². The van der Waals surface area contributed by atoms with Gasteiger partial charge < -0.3 is 27.0 Å². The van der Waals surface area contributed by atoms with Crippen LogP contribution in [-0.4, -0.2) is 95.0 Å². The van der Waals surface area contributed by atoms with Crippen LogP contribution in [0.2, 0.25) is 45.3 Å². The smallest absolute Gasteiger partial charge is 0.412 e. The summed E-state index contributed by atoms with van der Waals surface area (Å²) in [6.45, 7) is 24.5. The highest BCUT2D eigenvalue weighted by molar-refractivity contribution is 6.70. The van der Waals surface area contributed by atoms with Gasteiger partial charge in [0, 0.05) is 19.7 Å². The van der Waals surface area contributed by atoms with Crippen LogP contribution in [0, 0.1) is 5.41 Å². The molecule has 46 heavy (non-hydrogen) atoms. The Morgan fingerprint density at radius 1 is 0.978 bits per heavy atom. The molecule has 1 aromatic heterocycles. The zero-order valence-electron chi connectivity index (χ0n) is 30.0. The molecule has 0 radical (unpaired) electrons. The minimum atomic E-state index is -3.10. The van der Waals surface area contributed by atoms with Crippen molar-refractivity contribution in [2.75, 3.05) is 7.11 Å². The molecule has 258 valence electrons. The molecule has 0 spiro atoms.